The number of rotatable bonds is 4. The van der Waals surface area contributed by atoms with Crippen LogP contribution in [0.1, 0.15) is 49.4 Å². The van der Waals surface area contributed by atoms with E-state index in [2.05, 4.69) is 6.92 Å². The Morgan fingerprint density at radius 2 is 2.24 bits per heavy atom. The van der Waals surface area contributed by atoms with Crippen LogP contribution in [0.25, 0.3) is 0 Å². The number of nitrogens with zero attached hydrogens (tertiary/aromatic N) is 2. The SMILES string of the molecule is CCCC1CCCCN1C(=O)c1cccc([N+](=O)[O-])c1N. The number of nitro groups is 1. The second-order valence-corrected chi connectivity index (χ2v) is 5.43. The van der Waals surface area contributed by atoms with Crippen LogP contribution in [0.2, 0.25) is 0 Å². The minimum Gasteiger partial charge on any atom is -0.393 e. The molecule has 1 aliphatic rings. The number of piperidine rings is 1. The monoisotopic (exact) mass is 291 g/mol. The van der Waals surface area contributed by atoms with E-state index in [9.17, 15) is 14.9 Å². The summed E-state index contributed by atoms with van der Waals surface area (Å²) in [5.74, 6) is -0.186. The molecular formula is C15H21N3O3. The first-order chi connectivity index (χ1) is 10.1. The van der Waals surface area contributed by atoms with E-state index in [1.165, 1.54) is 12.1 Å². The molecule has 1 aromatic carbocycles. The molecule has 1 aromatic rings. The number of para-hydroxylation sites is 1. The number of nitrogens with two attached hydrogens (primary N) is 1. The summed E-state index contributed by atoms with van der Waals surface area (Å²) >= 11 is 0. The lowest BCUT2D eigenvalue weighted by Crippen LogP contribution is -2.43. The molecule has 0 aliphatic carbocycles. The highest BCUT2D eigenvalue weighted by atomic mass is 16.6. The predicted octanol–water partition coefficient (Wildman–Crippen LogP) is 2.97. The fraction of sp³-hybridized carbons (Fsp3) is 0.533. The minimum absolute atomic E-state index is 0.0340. The van der Waals surface area contributed by atoms with Gasteiger partial charge in [0, 0.05) is 18.7 Å². The first-order valence-corrected chi connectivity index (χ1v) is 7.40. The highest BCUT2D eigenvalue weighted by molar-refractivity contribution is 6.01. The Bertz CT molecular complexity index is 543. The van der Waals surface area contributed by atoms with Gasteiger partial charge in [0.15, 0.2) is 0 Å². The lowest BCUT2D eigenvalue weighted by molar-refractivity contribution is -0.383. The van der Waals surface area contributed by atoms with Gasteiger partial charge >= 0.3 is 0 Å². The van der Waals surface area contributed by atoms with Gasteiger partial charge in [0.2, 0.25) is 0 Å². The normalized spacial score (nSPS) is 18.5. The third-order valence-corrected chi connectivity index (χ3v) is 4.02. The molecule has 2 N–H and O–H groups in total. The summed E-state index contributed by atoms with van der Waals surface area (Å²) in [6, 6.07) is 4.63. The van der Waals surface area contributed by atoms with E-state index in [0.29, 0.717) is 6.54 Å². The topological polar surface area (TPSA) is 89.5 Å². The Morgan fingerprint density at radius 1 is 1.48 bits per heavy atom. The Morgan fingerprint density at radius 3 is 2.90 bits per heavy atom. The number of amides is 1. The average molecular weight is 291 g/mol. The molecule has 1 unspecified atom stereocenters. The molecule has 1 saturated heterocycles. The second kappa shape index (κ2) is 6.56. The van der Waals surface area contributed by atoms with Crippen molar-refractivity contribution in [3.05, 3.63) is 33.9 Å². The van der Waals surface area contributed by atoms with Crippen LogP contribution in [0.15, 0.2) is 18.2 Å². The summed E-state index contributed by atoms with van der Waals surface area (Å²) in [6.45, 7) is 2.80. The predicted molar refractivity (Wildman–Crippen MR) is 81.1 cm³/mol. The Kier molecular flexibility index (Phi) is 4.77. The maximum atomic E-state index is 12.7. The van der Waals surface area contributed by atoms with Gasteiger partial charge in [0.1, 0.15) is 5.69 Å². The van der Waals surface area contributed by atoms with Crippen LogP contribution in [0, 0.1) is 10.1 Å². The summed E-state index contributed by atoms with van der Waals surface area (Å²) < 4.78 is 0. The van der Waals surface area contributed by atoms with E-state index in [-0.39, 0.29) is 28.9 Å². The zero-order valence-electron chi connectivity index (χ0n) is 12.2. The van der Waals surface area contributed by atoms with Gasteiger partial charge in [-0.2, -0.15) is 0 Å². The highest BCUT2D eigenvalue weighted by Crippen LogP contribution is 2.29. The van der Waals surface area contributed by atoms with Crippen LogP contribution in [0.3, 0.4) is 0 Å². The van der Waals surface area contributed by atoms with Crippen LogP contribution in [0.5, 0.6) is 0 Å². The molecule has 2 rings (SSSR count). The summed E-state index contributed by atoms with van der Waals surface area (Å²) in [6.07, 6.45) is 5.06. The maximum Gasteiger partial charge on any atom is 0.292 e. The van der Waals surface area contributed by atoms with Gasteiger partial charge in [-0.05, 0) is 31.7 Å². The molecule has 6 nitrogen and oxygen atoms in total. The summed E-state index contributed by atoms with van der Waals surface area (Å²) in [4.78, 5) is 24.9. The Hall–Kier alpha value is -2.11. The number of nitro benzene ring substituents is 1. The molecule has 0 aromatic heterocycles. The van der Waals surface area contributed by atoms with Gasteiger partial charge in [-0.3, -0.25) is 14.9 Å². The zero-order valence-corrected chi connectivity index (χ0v) is 12.2. The van der Waals surface area contributed by atoms with E-state index < -0.39 is 4.92 Å². The smallest absolute Gasteiger partial charge is 0.292 e. The summed E-state index contributed by atoms with van der Waals surface area (Å²) in [7, 11) is 0. The highest BCUT2D eigenvalue weighted by Gasteiger charge is 2.29. The Balaban J connectivity index is 2.30. The molecule has 6 heteroatoms. The fourth-order valence-electron chi connectivity index (χ4n) is 2.95. The van der Waals surface area contributed by atoms with Crippen LogP contribution in [-0.4, -0.2) is 28.3 Å². The van der Waals surface area contributed by atoms with Gasteiger partial charge in [0.05, 0.1) is 10.5 Å². The maximum absolute atomic E-state index is 12.7. The zero-order chi connectivity index (χ0) is 15.4. The van der Waals surface area contributed by atoms with Gasteiger partial charge in [-0.15, -0.1) is 0 Å². The molecule has 1 atom stereocenters. The molecule has 0 spiro atoms. The van der Waals surface area contributed by atoms with Crippen molar-refractivity contribution in [3.63, 3.8) is 0 Å². The lowest BCUT2D eigenvalue weighted by Gasteiger charge is -2.36. The quantitative estimate of drug-likeness (QED) is 0.524. The van der Waals surface area contributed by atoms with Gasteiger partial charge in [0.25, 0.3) is 11.6 Å². The van der Waals surface area contributed by atoms with Gasteiger partial charge < -0.3 is 10.6 Å². The number of carbonyl (C=O) groups excluding carboxylic acids is 1. The summed E-state index contributed by atoms with van der Waals surface area (Å²) in [5, 5.41) is 10.9. The number of anilines is 1. The first-order valence-electron chi connectivity index (χ1n) is 7.40. The summed E-state index contributed by atoms with van der Waals surface area (Å²) in [5.41, 5.74) is 5.83. The third-order valence-electron chi connectivity index (χ3n) is 4.02. The largest absolute Gasteiger partial charge is 0.393 e. The standard InChI is InChI=1S/C15H21N3O3/c1-2-6-11-7-3-4-10-17(11)15(19)12-8-5-9-13(14(12)16)18(20)21/h5,8-9,11H,2-4,6-7,10,16H2,1H3. The minimum atomic E-state index is -0.550. The van der Waals surface area contributed by atoms with Crippen LogP contribution < -0.4 is 5.73 Å². The van der Waals surface area contributed by atoms with E-state index in [1.54, 1.807) is 6.07 Å². The van der Waals surface area contributed by atoms with Crippen molar-refractivity contribution in [2.24, 2.45) is 0 Å². The van der Waals surface area contributed by atoms with Crippen molar-refractivity contribution in [3.8, 4) is 0 Å². The lowest BCUT2D eigenvalue weighted by atomic mass is 9.97. The molecule has 114 valence electrons. The number of nitrogen functional groups attached to an aromatic ring is 1. The van der Waals surface area contributed by atoms with E-state index in [1.807, 2.05) is 4.90 Å². The molecule has 0 bridgehead atoms. The first kappa shape index (κ1) is 15.3. The molecule has 1 heterocycles. The van der Waals surface area contributed by atoms with E-state index in [0.717, 1.165) is 32.1 Å². The van der Waals surface area contributed by atoms with Crippen molar-refractivity contribution >= 4 is 17.3 Å². The molecule has 1 fully saturated rings. The number of hydrogen-bond acceptors (Lipinski definition) is 4. The van der Waals surface area contributed by atoms with Crippen molar-refractivity contribution in [1.82, 2.24) is 4.90 Å². The van der Waals surface area contributed by atoms with Crippen molar-refractivity contribution in [2.45, 2.75) is 45.1 Å². The Labute approximate surface area is 124 Å². The number of likely N-dealkylation sites (tertiary alicyclic amines) is 1. The van der Waals surface area contributed by atoms with Crippen LogP contribution >= 0.6 is 0 Å². The van der Waals surface area contributed by atoms with E-state index >= 15 is 0 Å². The van der Waals surface area contributed by atoms with Crippen LogP contribution in [-0.2, 0) is 0 Å². The van der Waals surface area contributed by atoms with Crippen molar-refractivity contribution in [2.75, 3.05) is 12.3 Å². The van der Waals surface area contributed by atoms with Gasteiger partial charge in [-0.25, -0.2) is 0 Å². The fourth-order valence-corrected chi connectivity index (χ4v) is 2.95. The molecule has 1 aliphatic heterocycles. The second-order valence-electron chi connectivity index (χ2n) is 5.43. The number of carbonyl (C=O) groups is 1. The van der Waals surface area contributed by atoms with Crippen molar-refractivity contribution in [1.29, 1.82) is 0 Å². The molecular weight excluding hydrogens is 270 g/mol. The molecule has 21 heavy (non-hydrogen) atoms. The third kappa shape index (κ3) is 3.15. The number of benzene rings is 1. The number of hydrogen-bond donors (Lipinski definition) is 1. The molecule has 0 radical (unpaired) electrons. The van der Waals surface area contributed by atoms with Crippen LogP contribution in [0.4, 0.5) is 11.4 Å². The van der Waals surface area contributed by atoms with E-state index in [4.69, 9.17) is 5.73 Å². The van der Waals surface area contributed by atoms with Crippen molar-refractivity contribution < 1.29 is 9.72 Å². The average Bonchev–Trinajstić information content (AvgIpc) is 2.47. The molecule has 0 saturated carbocycles. The molecule has 1 amide bonds. The van der Waals surface area contributed by atoms with Gasteiger partial charge in [-0.1, -0.05) is 19.4 Å².